The summed E-state index contributed by atoms with van der Waals surface area (Å²) >= 11 is 0. The minimum atomic E-state index is -3.52. The molecule has 0 atom stereocenters. The van der Waals surface area contributed by atoms with Gasteiger partial charge in [-0.2, -0.15) is 17.0 Å². The number of unbranched alkanes of at least 4 members (excludes halogenated alkanes) is 2. The summed E-state index contributed by atoms with van der Waals surface area (Å²) in [5, 5.41) is 8.58. The Labute approximate surface area is 96.0 Å². The van der Waals surface area contributed by atoms with Gasteiger partial charge in [-0.05, 0) is 6.42 Å². The zero-order chi connectivity index (χ0) is 12.2. The SMILES string of the molecule is CCCCCN1CCN(CC(=O)O)S1(=O)=O. The molecule has 0 spiro atoms. The number of rotatable bonds is 6. The van der Waals surface area contributed by atoms with Crippen LogP contribution in [0, 0.1) is 0 Å². The van der Waals surface area contributed by atoms with E-state index in [1.807, 2.05) is 0 Å². The summed E-state index contributed by atoms with van der Waals surface area (Å²) in [4.78, 5) is 10.5. The Morgan fingerprint density at radius 1 is 1.25 bits per heavy atom. The van der Waals surface area contributed by atoms with E-state index in [0.29, 0.717) is 13.1 Å². The van der Waals surface area contributed by atoms with Gasteiger partial charge >= 0.3 is 5.97 Å². The number of carbonyl (C=O) groups is 1. The van der Waals surface area contributed by atoms with Gasteiger partial charge in [0.15, 0.2) is 0 Å². The number of aliphatic carboxylic acids is 1. The second-order valence-corrected chi connectivity index (χ2v) is 5.77. The molecule has 0 bridgehead atoms. The van der Waals surface area contributed by atoms with Crippen molar-refractivity contribution in [2.45, 2.75) is 26.2 Å². The van der Waals surface area contributed by atoms with Crippen LogP contribution in [0.3, 0.4) is 0 Å². The summed E-state index contributed by atoms with van der Waals surface area (Å²) < 4.78 is 26.0. The first-order chi connectivity index (χ1) is 7.48. The quantitative estimate of drug-likeness (QED) is 0.679. The predicted octanol–water partition coefficient (Wildman–Crippen LogP) is 0.124. The number of nitrogens with zero attached hydrogens (tertiary/aromatic N) is 2. The molecule has 94 valence electrons. The van der Waals surface area contributed by atoms with E-state index >= 15 is 0 Å². The van der Waals surface area contributed by atoms with Gasteiger partial charge in [-0.15, -0.1) is 0 Å². The normalized spacial score (nSPS) is 21.3. The van der Waals surface area contributed by atoms with Crippen LogP contribution in [0.5, 0.6) is 0 Å². The fourth-order valence-corrected chi connectivity index (χ4v) is 3.28. The Hall–Kier alpha value is -0.660. The van der Waals surface area contributed by atoms with Crippen molar-refractivity contribution < 1.29 is 18.3 Å². The van der Waals surface area contributed by atoms with E-state index in [4.69, 9.17) is 5.11 Å². The first-order valence-corrected chi connectivity index (χ1v) is 6.85. The van der Waals surface area contributed by atoms with Gasteiger partial charge in [-0.25, -0.2) is 0 Å². The first-order valence-electron chi connectivity index (χ1n) is 5.45. The molecule has 0 aromatic rings. The molecule has 0 aromatic heterocycles. The molecule has 0 saturated carbocycles. The molecule has 1 rings (SSSR count). The third-order valence-electron chi connectivity index (χ3n) is 2.57. The molecule has 1 heterocycles. The van der Waals surface area contributed by atoms with Crippen LogP contribution in [0.15, 0.2) is 0 Å². The average molecular weight is 250 g/mol. The third-order valence-corrected chi connectivity index (χ3v) is 4.56. The molecule has 1 aliphatic heterocycles. The summed E-state index contributed by atoms with van der Waals surface area (Å²) in [5.74, 6) is -1.11. The number of hydrogen-bond acceptors (Lipinski definition) is 3. The highest BCUT2D eigenvalue weighted by molar-refractivity contribution is 7.87. The lowest BCUT2D eigenvalue weighted by molar-refractivity contribution is -0.137. The van der Waals surface area contributed by atoms with Crippen molar-refractivity contribution in [1.82, 2.24) is 8.61 Å². The Morgan fingerprint density at radius 3 is 2.44 bits per heavy atom. The molecular weight excluding hydrogens is 232 g/mol. The van der Waals surface area contributed by atoms with E-state index in [2.05, 4.69) is 6.92 Å². The standard InChI is InChI=1S/C9H18N2O4S/c1-2-3-4-5-10-6-7-11(8-9(12)13)16(10,14)15/h2-8H2,1H3,(H,12,13). The van der Waals surface area contributed by atoms with Gasteiger partial charge in [0.25, 0.3) is 10.2 Å². The highest BCUT2D eigenvalue weighted by Gasteiger charge is 2.36. The molecule has 0 aromatic carbocycles. The maximum Gasteiger partial charge on any atom is 0.318 e. The topological polar surface area (TPSA) is 77.9 Å². The molecule has 7 heteroatoms. The van der Waals surface area contributed by atoms with Crippen molar-refractivity contribution in [2.75, 3.05) is 26.2 Å². The van der Waals surface area contributed by atoms with Gasteiger partial charge in [0.2, 0.25) is 0 Å². The van der Waals surface area contributed by atoms with Crippen molar-refractivity contribution >= 4 is 16.2 Å². The van der Waals surface area contributed by atoms with Gasteiger partial charge in [0, 0.05) is 19.6 Å². The summed E-state index contributed by atoms with van der Waals surface area (Å²) in [5.41, 5.74) is 0. The van der Waals surface area contributed by atoms with Crippen LogP contribution < -0.4 is 0 Å². The van der Waals surface area contributed by atoms with Gasteiger partial charge in [-0.3, -0.25) is 4.79 Å². The van der Waals surface area contributed by atoms with Gasteiger partial charge in [-0.1, -0.05) is 19.8 Å². The van der Waals surface area contributed by atoms with Gasteiger partial charge in [0.1, 0.15) is 6.54 Å². The lowest BCUT2D eigenvalue weighted by atomic mass is 10.2. The average Bonchev–Trinajstić information content (AvgIpc) is 2.44. The molecule has 0 amide bonds. The molecule has 0 radical (unpaired) electrons. The highest BCUT2D eigenvalue weighted by atomic mass is 32.2. The molecule has 1 fully saturated rings. The van der Waals surface area contributed by atoms with Crippen molar-refractivity contribution in [3.63, 3.8) is 0 Å². The van der Waals surface area contributed by atoms with E-state index < -0.39 is 22.7 Å². The number of carboxylic acid groups (broad SMARTS) is 1. The summed E-state index contributed by atoms with van der Waals surface area (Å²) in [6, 6.07) is 0. The smallest absolute Gasteiger partial charge is 0.318 e. The fraction of sp³-hybridized carbons (Fsp3) is 0.889. The maximum atomic E-state index is 11.8. The van der Waals surface area contributed by atoms with E-state index in [9.17, 15) is 13.2 Å². The molecule has 1 saturated heterocycles. The molecule has 1 aliphatic rings. The summed E-state index contributed by atoms with van der Waals surface area (Å²) in [6.45, 7) is 2.79. The molecule has 0 aliphatic carbocycles. The maximum absolute atomic E-state index is 11.8. The van der Waals surface area contributed by atoms with Crippen LogP contribution in [-0.2, 0) is 15.0 Å². The zero-order valence-corrected chi connectivity index (χ0v) is 10.2. The minimum Gasteiger partial charge on any atom is -0.480 e. The van der Waals surface area contributed by atoms with Gasteiger partial charge in [0.05, 0.1) is 0 Å². The molecule has 16 heavy (non-hydrogen) atoms. The molecule has 6 nitrogen and oxygen atoms in total. The van der Waals surface area contributed by atoms with Crippen molar-refractivity contribution in [3.05, 3.63) is 0 Å². The van der Waals surface area contributed by atoms with Crippen LogP contribution in [0.2, 0.25) is 0 Å². The highest BCUT2D eigenvalue weighted by Crippen LogP contribution is 2.16. The Bertz CT molecular complexity index is 341. The van der Waals surface area contributed by atoms with Gasteiger partial charge < -0.3 is 5.11 Å². The van der Waals surface area contributed by atoms with Crippen LogP contribution in [0.4, 0.5) is 0 Å². The predicted molar refractivity (Wildman–Crippen MR) is 59.2 cm³/mol. The van der Waals surface area contributed by atoms with E-state index in [0.717, 1.165) is 23.6 Å². The summed E-state index contributed by atoms with van der Waals surface area (Å²) in [7, 11) is -3.52. The van der Waals surface area contributed by atoms with E-state index in [1.54, 1.807) is 0 Å². The van der Waals surface area contributed by atoms with Crippen LogP contribution in [0.1, 0.15) is 26.2 Å². The largest absolute Gasteiger partial charge is 0.480 e. The second kappa shape index (κ2) is 5.60. The third kappa shape index (κ3) is 3.16. The minimum absolute atomic E-state index is 0.279. The molecular formula is C9H18N2O4S. The van der Waals surface area contributed by atoms with E-state index in [1.165, 1.54) is 4.31 Å². The Kier molecular flexibility index (Phi) is 4.69. The lowest BCUT2D eigenvalue weighted by Crippen LogP contribution is -2.36. The van der Waals surface area contributed by atoms with Crippen LogP contribution in [-0.4, -0.2) is 54.3 Å². The molecule has 1 N–H and O–H groups in total. The van der Waals surface area contributed by atoms with Crippen molar-refractivity contribution in [2.24, 2.45) is 0 Å². The second-order valence-electron chi connectivity index (χ2n) is 3.84. The number of hydrogen-bond donors (Lipinski definition) is 1. The Morgan fingerprint density at radius 2 is 1.88 bits per heavy atom. The van der Waals surface area contributed by atoms with Crippen LogP contribution in [0.25, 0.3) is 0 Å². The van der Waals surface area contributed by atoms with Crippen LogP contribution >= 0.6 is 0 Å². The summed E-state index contributed by atoms with van der Waals surface area (Å²) in [6.07, 6.45) is 2.86. The van der Waals surface area contributed by atoms with Crippen molar-refractivity contribution in [3.8, 4) is 0 Å². The van der Waals surface area contributed by atoms with Crippen molar-refractivity contribution in [1.29, 1.82) is 0 Å². The fourth-order valence-electron chi connectivity index (χ4n) is 1.69. The molecule has 0 unspecified atom stereocenters. The lowest BCUT2D eigenvalue weighted by Gasteiger charge is -2.16. The van der Waals surface area contributed by atoms with E-state index in [-0.39, 0.29) is 6.54 Å². The zero-order valence-electron chi connectivity index (χ0n) is 9.42. The first kappa shape index (κ1) is 13.4. The number of carboxylic acids is 1. The Balaban J connectivity index is 2.54. The monoisotopic (exact) mass is 250 g/mol.